The number of carbonyl (C=O) groups excluding carboxylic acids is 1. The molecule has 0 fully saturated rings. The predicted molar refractivity (Wildman–Crippen MR) is 86.9 cm³/mol. The van der Waals surface area contributed by atoms with Gasteiger partial charge in [0.05, 0.1) is 21.2 Å². The van der Waals surface area contributed by atoms with Gasteiger partial charge in [-0.15, -0.1) is 0 Å². The highest BCUT2D eigenvalue weighted by Crippen LogP contribution is 2.24. The molecule has 5 nitrogen and oxygen atoms in total. The molecule has 0 aliphatic carbocycles. The molecule has 0 atom stereocenters. The Morgan fingerprint density at radius 2 is 1.64 bits per heavy atom. The highest BCUT2D eigenvalue weighted by Gasteiger charge is 2.13. The molecule has 1 heterocycles. The van der Waals surface area contributed by atoms with Crippen molar-refractivity contribution in [2.24, 2.45) is 10.9 Å². The Balaban J connectivity index is 2.22. The minimum Gasteiger partial charge on any atom is -0.380 e. The Bertz CT molecular complexity index is 724. The van der Waals surface area contributed by atoms with E-state index in [1.165, 1.54) is 12.1 Å². The lowest BCUT2D eigenvalue weighted by Gasteiger charge is -2.05. The van der Waals surface area contributed by atoms with Crippen LogP contribution in [-0.4, -0.2) is 16.8 Å². The topological polar surface area (TPSA) is 77.6 Å². The molecule has 0 aliphatic heterocycles. The summed E-state index contributed by atoms with van der Waals surface area (Å²) in [6.07, 6.45) is 0. The zero-order valence-corrected chi connectivity index (χ0v) is 13.7. The summed E-state index contributed by atoms with van der Waals surface area (Å²) >= 11 is 23.3. The van der Waals surface area contributed by atoms with Crippen molar-refractivity contribution < 1.29 is 9.63 Å². The Hall–Kier alpha value is -1.53. The van der Waals surface area contributed by atoms with E-state index < -0.39 is 5.97 Å². The lowest BCUT2D eigenvalue weighted by atomic mass is 10.2. The molecule has 2 rings (SSSR count). The molecule has 2 N–H and O–H groups in total. The maximum Gasteiger partial charge on any atom is 0.366 e. The van der Waals surface area contributed by atoms with Crippen LogP contribution in [0.4, 0.5) is 0 Å². The Kier molecular flexibility index (Phi) is 5.47. The van der Waals surface area contributed by atoms with Crippen molar-refractivity contribution in [1.82, 2.24) is 4.98 Å². The summed E-state index contributed by atoms with van der Waals surface area (Å²) in [5, 5.41) is 4.17. The van der Waals surface area contributed by atoms with Gasteiger partial charge in [-0.1, -0.05) is 57.6 Å². The fraction of sp³-hybridized carbons (Fsp3) is 0. The zero-order chi connectivity index (χ0) is 16.3. The predicted octanol–water partition coefficient (Wildman–Crippen LogP) is 4.17. The van der Waals surface area contributed by atoms with E-state index in [2.05, 4.69) is 10.1 Å². The van der Waals surface area contributed by atoms with Gasteiger partial charge in [-0.05, 0) is 24.3 Å². The van der Waals surface area contributed by atoms with E-state index in [9.17, 15) is 4.79 Å². The first-order chi connectivity index (χ1) is 10.4. The highest BCUT2D eigenvalue weighted by molar-refractivity contribution is 6.40. The quantitative estimate of drug-likeness (QED) is 0.286. The van der Waals surface area contributed by atoms with Gasteiger partial charge in [-0.3, -0.25) is 0 Å². The number of hydrogen-bond donors (Lipinski definition) is 1. The molecule has 0 aliphatic rings. The molecule has 0 unspecified atom stereocenters. The number of benzene rings is 1. The second-order valence-electron chi connectivity index (χ2n) is 3.95. The number of nitrogens with zero attached hydrogens (tertiary/aromatic N) is 2. The van der Waals surface area contributed by atoms with Crippen LogP contribution in [0, 0.1) is 0 Å². The second-order valence-corrected chi connectivity index (χ2v) is 5.54. The molecular weight excluding hydrogens is 372 g/mol. The van der Waals surface area contributed by atoms with Crippen LogP contribution in [0.25, 0.3) is 0 Å². The largest absolute Gasteiger partial charge is 0.380 e. The van der Waals surface area contributed by atoms with Crippen LogP contribution in [0.1, 0.15) is 15.9 Å². The summed E-state index contributed by atoms with van der Waals surface area (Å²) in [5.41, 5.74) is 6.07. The third-order valence-electron chi connectivity index (χ3n) is 2.44. The summed E-state index contributed by atoms with van der Waals surface area (Å²) in [7, 11) is 0. The average molecular weight is 379 g/mol. The molecule has 0 amide bonds. The number of rotatable bonds is 3. The fourth-order valence-electron chi connectivity index (χ4n) is 1.51. The number of amidine groups is 1. The molecule has 1 aromatic carbocycles. The van der Waals surface area contributed by atoms with Crippen molar-refractivity contribution >= 4 is 58.2 Å². The van der Waals surface area contributed by atoms with E-state index in [1.807, 2.05) is 0 Å². The first kappa shape index (κ1) is 16.8. The molecule has 9 heteroatoms. The van der Waals surface area contributed by atoms with Crippen molar-refractivity contribution in [3.63, 3.8) is 0 Å². The van der Waals surface area contributed by atoms with Gasteiger partial charge in [0.1, 0.15) is 10.3 Å². The first-order valence-electron chi connectivity index (χ1n) is 5.70. The second kappa shape index (κ2) is 7.15. The van der Waals surface area contributed by atoms with Gasteiger partial charge in [0.25, 0.3) is 0 Å². The van der Waals surface area contributed by atoms with Crippen molar-refractivity contribution in [3.8, 4) is 0 Å². The van der Waals surface area contributed by atoms with Crippen LogP contribution in [0.5, 0.6) is 0 Å². The SMILES string of the molecule is N/C(=N\OC(=O)c1cc(Cl)nc(Cl)c1)c1c(Cl)cccc1Cl. The Labute approximate surface area is 145 Å². The van der Waals surface area contributed by atoms with Crippen LogP contribution >= 0.6 is 46.4 Å². The van der Waals surface area contributed by atoms with E-state index in [0.29, 0.717) is 0 Å². The molecule has 0 bridgehead atoms. The van der Waals surface area contributed by atoms with Gasteiger partial charge in [0, 0.05) is 0 Å². The van der Waals surface area contributed by atoms with Crippen molar-refractivity contribution in [2.75, 3.05) is 0 Å². The van der Waals surface area contributed by atoms with E-state index >= 15 is 0 Å². The van der Waals surface area contributed by atoms with Gasteiger partial charge >= 0.3 is 5.97 Å². The normalized spacial score (nSPS) is 11.4. The Morgan fingerprint density at radius 3 is 2.18 bits per heavy atom. The molecule has 0 saturated carbocycles. The molecule has 2 aromatic rings. The number of nitrogens with two attached hydrogens (primary N) is 1. The monoisotopic (exact) mass is 377 g/mol. The average Bonchev–Trinajstić information content (AvgIpc) is 2.43. The Morgan fingerprint density at radius 1 is 1.09 bits per heavy atom. The van der Waals surface area contributed by atoms with Gasteiger partial charge in [-0.25, -0.2) is 9.78 Å². The number of aromatic nitrogens is 1. The fourth-order valence-corrected chi connectivity index (χ4v) is 2.57. The van der Waals surface area contributed by atoms with E-state index in [1.54, 1.807) is 18.2 Å². The standard InChI is InChI=1S/C13H7Cl4N3O2/c14-7-2-1-3-8(15)11(7)12(18)20-22-13(21)6-4-9(16)19-10(17)5-6/h1-5H,(H2,18,20). The van der Waals surface area contributed by atoms with Gasteiger partial charge < -0.3 is 10.6 Å². The molecule has 1 aromatic heterocycles. The van der Waals surface area contributed by atoms with Crippen LogP contribution in [0.3, 0.4) is 0 Å². The molecule has 114 valence electrons. The molecule has 22 heavy (non-hydrogen) atoms. The van der Waals surface area contributed by atoms with Gasteiger partial charge in [-0.2, -0.15) is 0 Å². The molecule has 0 spiro atoms. The lowest BCUT2D eigenvalue weighted by molar-refractivity contribution is 0.0516. The summed E-state index contributed by atoms with van der Waals surface area (Å²) in [6, 6.07) is 7.37. The maximum atomic E-state index is 11.9. The van der Waals surface area contributed by atoms with Gasteiger partial charge in [0.2, 0.25) is 0 Å². The minimum atomic E-state index is -0.808. The van der Waals surface area contributed by atoms with Crippen molar-refractivity contribution in [2.45, 2.75) is 0 Å². The van der Waals surface area contributed by atoms with E-state index in [4.69, 9.17) is 57.0 Å². The van der Waals surface area contributed by atoms with Crippen molar-refractivity contribution in [3.05, 3.63) is 61.8 Å². The van der Waals surface area contributed by atoms with E-state index in [0.717, 1.165) is 0 Å². The zero-order valence-electron chi connectivity index (χ0n) is 10.7. The molecule has 0 radical (unpaired) electrons. The lowest BCUT2D eigenvalue weighted by Crippen LogP contribution is -2.16. The summed E-state index contributed by atoms with van der Waals surface area (Å²) in [4.78, 5) is 20.3. The summed E-state index contributed by atoms with van der Waals surface area (Å²) in [6.45, 7) is 0. The maximum absolute atomic E-state index is 11.9. The molecular formula is C13H7Cl4N3O2. The number of pyridine rings is 1. The van der Waals surface area contributed by atoms with Crippen LogP contribution in [-0.2, 0) is 4.84 Å². The number of hydrogen-bond acceptors (Lipinski definition) is 4. The number of oxime groups is 1. The first-order valence-corrected chi connectivity index (χ1v) is 7.22. The van der Waals surface area contributed by atoms with Crippen LogP contribution in [0.15, 0.2) is 35.5 Å². The smallest absolute Gasteiger partial charge is 0.366 e. The summed E-state index contributed by atoms with van der Waals surface area (Å²) in [5.74, 6) is -0.951. The van der Waals surface area contributed by atoms with Crippen molar-refractivity contribution in [1.29, 1.82) is 0 Å². The van der Waals surface area contributed by atoms with Crippen LogP contribution in [0.2, 0.25) is 20.4 Å². The number of carbonyl (C=O) groups is 1. The number of halogens is 4. The minimum absolute atomic E-state index is 0.0468. The van der Waals surface area contributed by atoms with Gasteiger partial charge in [0.15, 0.2) is 5.84 Å². The molecule has 0 saturated heterocycles. The third-order valence-corrected chi connectivity index (χ3v) is 3.46. The van der Waals surface area contributed by atoms with E-state index in [-0.39, 0.29) is 37.3 Å². The van der Waals surface area contributed by atoms with Crippen LogP contribution < -0.4 is 5.73 Å². The highest BCUT2D eigenvalue weighted by atomic mass is 35.5. The third kappa shape index (κ3) is 4.01. The summed E-state index contributed by atoms with van der Waals surface area (Å²) < 4.78 is 0.